The highest BCUT2D eigenvalue weighted by molar-refractivity contribution is 9.11. The molecule has 21 heavy (non-hydrogen) atoms. The van der Waals surface area contributed by atoms with Crippen LogP contribution >= 0.6 is 27.3 Å². The summed E-state index contributed by atoms with van der Waals surface area (Å²) in [5.41, 5.74) is 3.02. The van der Waals surface area contributed by atoms with Gasteiger partial charge in [-0.2, -0.15) is 0 Å². The summed E-state index contributed by atoms with van der Waals surface area (Å²) in [5.74, 6) is 0.0264. The fourth-order valence-electron chi connectivity index (χ4n) is 2.27. The molecule has 3 rings (SSSR count). The molecule has 2 aromatic heterocycles. The zero-order valence-corrected chi connectivity index (χ0v) is 13.7. The topological polar surface area (TPSA) is 55.1 Å². The highest BCUT2D eigenvalue weighted by Crippen LogP contribution is 2.35. The van der Waals surface area contributed by atoms with Crippen molar-refractivity contribution in [3.63, 3.8) is 0 Å². The Bertz CT molecular complexity index is 803. The summed E-state index contributed by atoms with van der Waals surface area (Å²) in [7, 11) is 0. The van der Waals surface area contributed by atoms with Crippen LogP contribution in [-0.2, 0) is 11.3 Å². The molecule has 0 saturated heterocycles. The molecule has 0 amide bonds. The molecule has 0 aliphatic rings. The number of imidazole rings is 1. The molecular weight excluding hydrogens is 352 g/mol. The van der Waals surface area contributed by atoms with Crippen molar-refractivity contribution in [1.29, 1.82) is 0 Å². The van der Waals surface area contributed by atoms with Crippen LogP contribution in [0.1, 0.15) is 12.0 Å². The van der Waals surface area contributed by atoms with Crippen LogP contribution in [0, 0.1) is 6.92 Å². The molecule has 3 aromatic rings. The second-order valence-electron chi connectivity index (χ2n) is 4.79. The SMILES string of the molecule is Cc1cc(-c2nc3ccccc3n2CCC(=O)O)sc1Br. The van der Waals surface area contributed by atoms with Gasteiger partial charge < -0.3 is 9.67 Å². The number of carboxylic acid groups (broad SMARTS) is 1. The fraction of sp³-hybridized carbons (Fsp3) is 0.200. The smallest absolute Gasteiger partial charge is 0.305 e. The van der Waals surface area contributed by atoms with Gasteiger partial charge in [-0.05, 0) is 46.6 Å². The van der Waals surface area contributed by atoms with Crippen molar-refractivity contribution in [2.24, 2.45) is 0 Å². The maximum absolute atomic E-state index is 10.9. The molecule has 0 fully saturated rings. The van der Waals surface area contributed by atoms with E-state index in [-0.39, 0.29) is 6.42 Å². The predicted molar refractivity (Wildman–Crippen MR) is 87.7 cm³/mol. The van der Waals surface area contributed by atoms with Crippen LogP contribution in [0.5, 0.6) is 0 Å². The van der Waals surface area contributed by atoms with Crippen LogP contribution in [-0.4, -0.2) is 20.6 Å². The third kappa shape index (κ3) is 2.73. The van der Waals surface area contributed by atoms with Gasteiger partial charge in [0.05, 0.1) is 26.1 Å². The van der Waals surface area contributed by atoms with Crippen LogP contribution in [0.2, 0.25) is 0 Å². The lowest BCUT2D eigenvalue weighted by molar-refractivity contribution is -0.137. The quantitative estimate of drug-likeness (QED) is 0.750. The van der Waals surface area contributed by atoms with E-state index < -0.39 is 5.97 Å². The minimum Gasteiger partial charge on any atom is -0.481 e. The van der Waals surface area contributed by atoms with E-state index in [4.69, 9.17) is 5.11 Å². The Kier molecular flexibility index (Phi) is 3.82. The van der Waals surface area contributed by atoms with Gasteiger partial charge in [0, 0.05) is 6.54 Å². The van der Waals surface area contributed by atoms with Gasteiger partial charge in [0.15, 0.2) is 5.82 Å². The molecule has 0 aliphatic carbocycles. The van der Waals surface area contributed by atoms with E-state index in [9.17, 15) is 4.79 Å². The van der Waals surface area contributed by atoms with Crippen molar-refractivity contribution in [2.45, 2.75) is 19.9 Å². The highest BCUT2D eigenvalue weighted by Gasteiger charge is 2.16. The average Bonchev–Trinajstić information content (AvgIpc) is 2.97. The molecule has 0 saturated carbocycles. The zero-order chi connectivity index (χ0) is 15.0. The van der Waals surface area contributed by atoms with Gasteiger partial charge in [-0.3, -0.25) is 4.79 Å². The molecule has 0 radical (unpaired) electrons. The van der Waals surface area contributed by atoms with Gasteiger partial charge in [0.2, 0.25) is 0 Å². The number of aromatic nitrogens is 2. The first-order valence-electron chi connectivity index (χ1n) is 6.49. The van der Waals surface area contributed by atoms with Crippen LogP contribution in [0.3, 0.4) is 0 Å². The number of thiophene rings is 1. The largest absolute Gasteiger partial charge is 0.481 e. The number of halogens is 1. The van der Waals surface area contributed by atoms with Crippen molar-refractivity contribution in [2.75, 3.05) is 0 Å². The molecule has 0 spiro atoms. The number of carbonyl (C=O) groups is 1. The monoisotopic (exact) mass is 364 g/mol. The summed E-state index contributed by atoms with van der Waals surface area (Å²) in [5, 5.41) is 8.96. The molecule has 0 atom stereocenters. The lowest BCUT2D eigenvalue weighted by Crippen LogP contribution is -2.05. The summed E-state index contributed by atoms with van der Waals surface area (Å²) < 4.78 is 3.07. The van der Waals surface area contributed by atoms with Crippen LogP contribution < -0.4 is 0 Å². The minimum atomic E-state index is -0.803. The normalized spacial score (nSPS) is 11.1. The first-order valence-corrected chi connectivity index (χ1v) is 8.10. The van der Waals surface area contributed by atoms with Crippen molar-refractivity contribution in [3.05, 3.63) is 39.7 Å². The van der Waals surface area contributed by atoms with Crippen molar-refractivity contribution >= 4 is 44.3 Å². The molecule has 1 N–H and O–H groups in total. The number of fused-ring (bicyclic) bond motifs is 1. The number of aryl methyl sites for hydroxylation is 2. The Labute approximate surface area is 134 Å². The highest BCUT2D eigenvalue weighted by atomic mass is 79.9. The standard InChI is InChI=1S/C15H13BrN2O2S/c1-9-8-12(21-14(9)16)15-17-10-4-2-3-5-11(10)18(15)7-6-13(19)20/h2-5,8H,6-7H2,1H3,(H,19,20). The number of carboxylic acids is 1. The van der Waals surface area contributed by atoms with Crippen LogP contribution in [0.15, 0.2) is 34.1 Å². The molecule has 0 unspecified atom stereocenters. The first-order chi connectivity index (χ1) is 10.1. The predicted octanol–water partition coefficient (Wildman–Crippen LogP) is 4.31. The van der Waals surface area contributed by atoms with Gasteiger partial charge in [-0.25, -0.2) is 4.98 Å². The lowest BCUT2D eigenvalue weighted by Gasteiger charge is -2.06. The van der Waals surface area contributed by atoms with E-state index in [1.54, 1.807) is 11.3 Å². The maximum atomic E-state index is 10.9. The van der Waals surface area contributed by atoms with Gasteiger partial charge in [0.1, 0.15) is 0 Å². The van der Waals surface area contributed by atoms with Crippen molar-refractivity contribution < 1.29 is 9.90 Å². The van der Waals surface area contributed by atoms with Gasteiger partial charge in [-0.1, -0.05) is 12.1 Å². The van der Waals surface area contributed by atoms with E-state index in [1.165, 1.54) is 0 Å². The molecule has 0 aliphatic heterocycles. The number of benzene rings is 1. The van der Waals surface area contributed by atoms with Gasteiger partial charge >= 0.3 is 5.97 Å². The Morgan fingerprint density at radius 2 is 2.19 bits per heavy atom. The van der Waals surface area contributed by atoms with Gasteiger partial charge in [0.25, 0.3) is 0 Å². The third-order valence-corrected chi connectivity index (χ3v) is 5.41. The number of hydrogen-bond donors (Lipinski definition) is 1. The maximum Gasteiger partial charge on any atom is 0.305 e. The second-order valence-corrected chi connectivity index (χ2v) is 7.16. The average molecular weight is 365 g/mol. The van der Waals surface area contributed by atoms with Crippen LogP contribution in [0.4, 0.5) is 0 Å². The Morgan fingerprint density at radius 1 is 1.43 bits per heavy atom. The molecule has 2 heterocycles. The first kappa shape index (κ1) is 14.3. The van der Waals surface area contributed by atoms with E-state index in [0.717, 1.165) is 31.1 Å². The fourth-order valence-corrected chi connectivity index (χ4v) is 3.80. The summed E-state index contributed by atoms with van der Waals surface area (Å²) in [6.45, 7) is 2.45. The molecule has 1 aromatic carbocycles. The van der Waals surface area contributed by atoms with E-state index in [0.29, 0.717) is 6.54 Å². The minimum absolute atomic E-state index is 0.0822. The Balaban J connectivity index is 2.15. The lowest BCUT2D eigenvalue weighted by atomic mass is 10.3. The summed E-state index contributed by atoms with van der Waals surface area (Å²) in [4.78, 5) is 16.6. The zero-order valence-electron chi connectivity index (χ0n) is 11.3. The van der Waals surface area contributed by atoms with Crippen molar-refractivity contribution in [3.8, 4) is 10.7 Å². The Morgan fingerprint density at radius 3 is 2.86 bits per heavy atom. The van der Waals surface area contributed by atoms with E-state index in [1.807, 2.05) is 35.8 Å². The summed E-state index contributed by atoms with van der Waals surface area (Å²) in [6, 6.07) is 9.89. The molecule has 108 valence electrons. The third-order valence-electron chi connectivity index (χ3n) is 3.28. The second kappa shape index (κ2) is 5.61. The molecule has 0 bridgehead atoms. The molecule has 6 heteroatoms. The van der Waals surface area contributed by atoms with E-state index in [2.05, 4.69) is 27.0 Å². The number of aliphatic carboxylic acids is 1. The number of para-hydroxylation sites is 2. The molecule has 4 nitrogen and oxygen atoms in total. The summed E-state index contributed by atoms with van der Waals surface area (Å²) in [6.07, 6.45) is 0.0822. The number of nitrogens with zero attached hydrogens (tertiary/aromatic N) is 2. The number of hydrogen-bond acceptors (Lipinski definition) is 3. The summed E-state index contributed by atoms with van der Waals surface area (Å²) >= 11 is 5.15. The number of rotatable bonds is 4. The van der Waals surface area contributed by atoms with Gasteiger partial charge in [-0.15, -0.1) is 11.3 Å². The Hall–Kier alpha value is -1.66. The van der Waals surface area contributed by atoms with Crippen molar-refractivity contribution in [1.82, 2.24) is 9.55 Å². The van der Waals surface area contributed by atoms with Crippen LogP contribution in [0.25, 0.3) is 21.7 Å². The van der Waals surface area contributed by atoms with E-state index >= 15 is 0 Å². The molecular formula is C15H13BrN2O2S.